The third-order valence-corrected chi connectivity index (χ3v) is 2.96. The number of carbonyl (C=O) groups excluding carboxylic acids is 1. The number of ether oxygens (including phenoxy) is 1. The van der Waals surface area contributed by atoms with Gasteiger partial charge in [-0.05, 0) is 6.42 Å². The first-order valence-electron chi connectivity index (χ1n) is 6.57. The normalized spacial score (nSPS) is 13.7. The number of carboxylic acid groups (broad SMARTS) is 1. The van der Waals surface area contributed by atoms with E-state index in [2.05, 4.69) is 10.3 Å². The molecule has 20 heavy (non-hydrogen) atoms. The van der Waals surface area contributed by atoms with Gasteiger partial charge in [0.25, 0.3) is 0 Å². The lowest BCUT2D eigenvalue weighted by Crippen LogP contribution is -2.44. The number of nitrogens with zero attached hydrogens (tertiary/aromatic N) is 2. The number of nitrogens with one attached hydrogen (secondary N) is 1. The van der Waals surface area contributed by atoms with Crippen molar-refractivity contribution in [2.75, 3.05) is 13.7 Å². The lowest BCUT2D eigenvalue weighted by atomic mass is 10.1. The van der Waals surface area contributed by atoms with Crippen molar-refractivity contribution in [1.29, 1.82) is 0 Å². The molecule has 1 rings (SSSR count). The Bertz CT molecular complexity index is 419. The summed E-state index contributed by atoms with van der Waals surface area (Å²) in [7, 11) is 1.40. The topological polar surface area (TPSA) is 93.5 Å². The van der Waals surface area contributed by atoms with Gasteiger partial charge in [0.05, 0.1) is 12.9 Å². The Morgan fingerprint density at radius 3 is 2.75 bits per heavy atom. The number of carboxylic acids is 1. The predicted molar refractivity (Wildman–Crippen MR) is 72.2 cm³/mol. The van der Waals surface area contributed by atoms with Gasteiger partial charge in [0.1, 0.15) is 0 Å². The van der Waals surface area contributed by atoms with Gasteiger partial charge in [0, 0.05) is 32.0 Å². The van der Waals surface area contributed by atoms with Gasteiger partial charge in [-0.25, -0.2) is 9.78 Å². The van der Waals surface area contributed by atoms with Gasteiger partial charge in [-0.1, -0.05) is 13.3 Å². The molecule has 0 aliphatic carbocycles. The molecule has 2 atom stereocenters. The summed E-state index contributed by atoms with van der Waals surface area (Å²) in [6.45, 7) is 1.98. The molecule has 0 saturated carbocycles. The van der Waals surface area contributed by atoms with Crippen LogP contribution < -0.4 is 5.32 Å². The molecule has 0 aliphatic heterocycles. The minimum absolute atomic E-state index is 0.0144. The number of aliphatic carboxylic acids is 1. The molecule has 0 spiro atoms. The molecule has 0 saturated heterocycles. The second kappa shape index (κ2) is 8.31. The maximum atomic E-state index is 11.9. The summed E-state index contributed by atoms with van der Waals surface area (Å²) in [5.74, 6) is -1.41. The highest BCUT2D eigenvalue weighted by Gasteiger charge is 2.22. The Balaban J connectivity index is 2.59. The molecule has 2 N–H and O–H groups in total. The number of hydrogen-bond acceptors (Lipinski definition) is 4. The molecule has 0 aliphatic rings. The van der Waals surface area contributed by atoms with Crippen molar-refractivity contribution in [2.24, 2.45) is 0 Å². The minimum atomic E-state index is -1.10. The largest absolute Gasteiger partial charge is 0.480 e. The molecule has 0 radical (unpaired) electrons. The fourth-order valence-corrected chi connectivity index (χ4v) is 1.98. The van der Waals surface area contributed by atoms with Crippen molar-refractivity contribution in [3.63, 3.8) is 0 Å². The van der Waals surface area contributed by atoms with E-state index in [0.29, 0.717) is 0 Å². The second-order valence-electron chi connectivity index (χ2n) is 4.57. The number of hydrogen-bond donors (Lipinski definition) is 2. The van der Waals surface area contributed by atoms with Crippen LogP contribution in [0.2, 0.25) is 0 Å². The molecule has 1 aromatic rings. The fourth-order valence-electron chi connectivity index (χ4n) is 1.98. The standard InChI is InChI=1S/C13H21N3O4/c1-3-4-10(16-6-5-14-9-16)7-12(17)15-11(8-20-2)13(18)19/h5-6,9-11H,3-4,7-8H2,1-2H3,(H,15,17)(H,18,19). The molecule has 2 unspecified atom stereocenters. The quantitative estimate of drug-likeness (QED) is 0.700. The molecule has 1 amide bonds. The summed E-state index contributed by atoms with van der Waals surface area (Å²) in [5, 5.41) is 11.4. The average Bonchev–Trinajstić information content (AvgIpc) is 2.91. The Hall–Kier alpha value is -1.89. The number of rotatable bonds is 9. The van der Waals surface area contributed by atoms with E-state index in [1.807, 2.05) is 11.5 Å². The highest BCUT2D eigenvalue weighted by atomic mass is 16.5. The van der Waals surface area contributed by atoms with Crippen LogP contribution in [0.5, 0.6) is 0 Å². The molecule has 1 aromatic heterocycles. The summed E-state index contributed by atoms with van der Waals surface area (Å²) in [6.07, 6.45) is 7.10. The van der Waals surface area contributed by atoms with Crippen LogP contribution in [0.4, 0.5) is 0 Å². The lowest BCUT2D eigenvalue weighted by Gasteiger charge is -2.19. The van der Waals surface area contributed by atoms with Gasteiger partial charge >= 0.3 is 5.97 Å². The molecular weight excluding hydrogens is 262 g/mol. The molecular formula is C13H21N3O4. The van der Waals surface area contributed by atoms with Crippen LogP contribution in [-0.2, 0) is 14.3 Å². The monoisotopic (exact) mass is 283 g/mol. The molecule has 0 bridgehead atoms. The number of aromatic nitrogens is 2. The SMILES string of the molecule is CCCC(CC(=O)NC(COC)C(=O)O)n1ccnc1. The Labute approximate surface area is 118 Å². The van der Waals surface area contributed by atoms with Crippen LogP contribution in [0.15, 0.2) is 18.7 Å². The van der Waals surface area contributed by atoms with Gasteiger partial charge in [0.15, 0.2) is 6.04 Å². The number of imidazole rings is 1. The maximum absolute atomic E-state index is 11.9. The number of amides is 1. The third-order valence-electron chi connectivity index (χ3n) is 2.96. The van der Waals surface area contributed by atoms with E-state index >= 15 is 0 Å². The summed E-state index contributed by atoms with van der Waals surface area (Å²) in [5.41, 5.74) is 0. The van der Waals surface area contributed by atoms with E-state index in [0.717, 1.165) is 12.8 Å². The number of carbonyl (C=O) groups is 2. The van der Waals surface area contributed by atoms with Crippen LogP contribution in [0, 0.1) is 0 Å². The smallest absolute Gasteiger partial charge is 0.328 e. The zero-order valence-electron chi connectivity index (χ0n) is 11.8. The fraction of sp³-hybridized carbons (Fsp3) is 0.615. The van der Waals surface area contributed by atoms with Crippen molar-refractivity contribution in [1.82, 2.24) is 14.9 Å². The highest BCUT2D eigenvalue weighted by molar-refractivity contribution is 5.83. The second-order valence-corrected chi connectivity index (χ2v) is 4.57. The molecule has 7 heteroatoms. The predicted octanol–water partition coefficient (Wildman–Crippen LogP) is 0.830. The first-order chi connectivity index (χ1) is 9.58. The van der Waals surface area contributed by atoms with E-state index in [9.17, 15) is 9.59 Å². The van der Waals surface area contributed by atoms with E-state index < -0.39 is 12.0 Å². The van der Waals surface area contributed by atoms with E-state index in [1.54, 1.807) is 18.7 Å². The van der Waals surface area contributed by atoms with Gasteiger partial charge in [-0.3, -0.25) is 4.79 Å². The Morgan fingerprint density at radius 2 is 2.25 bits per heavy atom. The minimum Gasteiger partial charge on any atom is -0.480 e. The van der Waals surface area contributed by atoms with Crippen molar-refractivity contribution in [2.45, 2.75) is 38.3 Å². The Morgan fingerprint density at radius 1 is 1.50 bits per heavy atom. The molecule has 1 heterocycles. The van der Waals surface area contributed by atoms with Gasteiger partial charge in [-0.15, -0.1) is 0 Å². The summed E-state index contributed by atoms with van der Waals surface area (Å²) in [4.78, 5) is 26.9. The van der Waals surface area contributed by atoms with Crippen LogP contribution in [0.1, 0.15) is 32.2 Å². The highest BCUT2D eigenvalue weighted by Crippen LogP contribution is 2.17. The summed E-state index contributed by atoms with van der Waals surface area (Å²) >= 11 is 0. The van der Waals surface area contributed by atoms with Crippen molar-refractivity contribution in [3.05, 3.63) is 18.7 Å². The zero-order chi connectivity index (χ0) is 15.0. The lowest BCUT2D eigenvalue weighted by molar-refractivity contribution is -0.143. The van der Waals surface area contributed by atoms with Crippen LogP contribution in [-0.4, -0.2) is 46.3 Å². The van der Waals surface area contributed by atoms with Crippen molar-refractivity contribution < 1.29 is 19.4 Å². The number of methoxy groups -OCH3 is 1. The van der Waals surface area contributed by atoms with Gasteiger partial charge in [0.2, 0.25) is 5.91 Å². The molecule has 7 nitrogen and oxygen atoms in total. The van der Waals surface area contributed by atoms with E-state index in [-0.39, 0.29) is 25.0 Å². The van der Waals surface area contributed by atoms with Gasteiger partial charge < -0.3 is 19.7 Å². The van der Waals surface area contributed by atoms with Crippen LogP contribution >= 0.6 is 0 Å². The van der Waals surface area contributed by atoms with E-state index in [1.165, 1.54) is 7.11 Å². The molecule has 112 valence electrons. The summed E-state index contributed by atoms with van der Waals surface area (Å²) in [6, 6.07) is -1.03. The average molecular weight is 283 g/mol. The van der Waals surface area contributed by atoms with Crippen molar-refractivity contribution in [3.8, 4) is 0 Å². The first-order valence-corrected chi connectivity index (χ1v) is 6.57. The van der Waals surface area contributed by atoms with Crippen LogP contribution in [0.25, 0.3) is 0 Å². The van der Waals surface area contributed by atoms with Gasteiger partial charge in [-0.2, -0.15) is 0 Å². The zero-order valence-corrected chi connectivity index (χ0v) is 11.8. The molecule has 0 aromatic carbocycles. The van der Waals surface area contributed by atoms with Crippen LogP contribution in [0.3, 0.4) is 0 Å². The Kier molecular flexibility index (Phi) is 6.72. The first kappa shape index (κ1) is 16.2. The van der Waals surface area contributed by atoms with Crippen molar-refractivity contribution >= 4 is 11.9 Å². The third kappa shape index (κ3) is 5.00. The maximum Gasteiger partial charge on any atom is 0.328 e. The molecule has 0 fully saturated rings. The van der Waals surface area contributed by atoms with E-state index in [4.69, 9.17) is 9.84 Å². The summed E-state index contributed by atoms with van der Waals surface area (Å²) < 4.78 is 6.65.